The Morgan fingerprint density at radius 1 is 0.971 bits per heavy atom. The van der Waals surface area contributed by atoms with Crippen LogP contribution in [0.25, 0.3) is 0 Å². The molecule has 1 amide bonds. The molecule has 0 aliphatic carbocycles. The Balaban J connectivity index is 1.99. The third kappa shape index (κ3) is 6.62. The number of anilines is 1. The molecule has 0 heterocycles. The number of hydrogen-bond acceptors (Lipinski definition) is 3. The third-order valence-corrected chi connectivity index (χ3v) is 7.33. The number of carbonyl (C=O) groups excluding carboxylic acids is 1. The zero-order valence-electron chi connectivity index (χ0n) is 19.2. The molecular formula is C25H24ClF3N2O3S. The molecule has 0 radical (unpaired) electrons. The van der Waals surface area contributed by atoms with Gasteiger partial charge in [-0.1, -0.05) is 59.6 Å². The van der Waals surface area contributed by atoms with Crippen LogP contribution < -0.4 is 10.0 Å². The zero-order valence-corrected chi connectivity index (χ0v) is 20.8. The number of nitrogens with one attached hydrogen (secondary N) is 2. The van der Waals surface area contributed by atoms with E-state index in [1.54, 1.807) is 56.3 Å². The number of carbonyl (C=O) groups is 1. The molecule has 10 heteroatoms. The second-order valence-electron chi connectivity index (χ2n) is 8.27. The molecule has 0 aliphatic heterocycles. The van der Waals surface area contributed by atoms with E-state index < -0.39 is 39.4 Å². The number of amides is 1. The van der Waals surface area contributed by atoms with Gasteiger partial charge in [-0.2, -0.15) is 17.9 Å². The van der Waals surface area contributed by atoms with Crippen molar-refractivity contribution in [1.29, 1.82) is 0 Å². The van der Waals surface area contributed by atoms with E-state index in [9.17, 15) is 26.4 Å². The lowest BCUT2D eigenvalue weighted by Crippen LogP contribution is -2.45. The molecule has 35 heavy (non-hydrogen) atoms. The number of rotatable bonds is 7. The van der Waals surface area contributed by atoms with Crippen LogP contribution in [-0.2, 0) is 27.4 Å². The number of aryl methyl sites for hydroxylation is 3. The van der Waals surface area contributed by atoms with Crippen LogP contribution in [0.4, 0.5) is 18.9 Å². The highest BCUT2D eigenvalue weighted by Crippen LogP contribution is 2.36. The molecule has 0 fully saturated rings. The molecule has 3 aromatic rings. The molecule has 0 unspecified atom stereocenters. The van der Waals surface area contributed by atoms with E-state index in [0.717, 1.165) is 11.6 Å². The molecule has 0 aliphatic rings. The van der Waals surface area contributed by atoms with Gasteiger partial charge in [0.05, 0.1) is 16.1 Å². The second kappa shape index (κ2) is 10.4. The third-order valence-electron chi connectivity index (χ3n) is 5.31. The minimum atomic E-state index is -4.78. The van der Waals surface area contributed by atoms with Crippen molar-refractivity contribution in [3.63, 3.8) is 0 Å². The van der Waals surface area contributed by atoms with E-state index in [1.807, 2.05) is 6.92 Å². The van der Waals surface area contributed by atoms with Crippen molar-refractivity contribution in [3.05, 3.63) is 93.5 Å². The van der Waals surface area contributed by atoms with Crippen molar-refractivity contribution in [3.8, 4) is 0 Å². The van der Waals surface area contributed by atoms with Gasteiger partial charge in [0.15, 0.2) is 0 Å². The van der Waals surface area contributed by atoms with Crippen LogP contribution >= 0.6 is 11.6 Å². The summed E-state index contributed by atoms with van der Waals surface area (Å²) < 4.78 is 69.6. The molecule has 3 rings (SSSR count). The number of halogens is 4. The van der Waals surface area contributed by atoms with Crippen molar-refractivity contribution >= 4 is 33.2 Å². The molecular weight excluding hydrogens is 501 g/mol. The van der Waals surface area contributed by atoms with E-state index >= 15 is 0 Å². The number of benzene rings is 3. The summed E-state index contributed by atoms with van der Waals surface area (Å²) in [6.45, 7) is 5.12. The first-order valence-corrected chi connectivity index (χ1v) is 12.5. The molecule has 0 bridgehead atoms. The largest absolute Gasteiger partial charge is 0.418 e. The fourth-order valence-corrected chi connectivity index (χ4v) is 5.77. The minimum Gasteiger partial charge on any atom is -0.324 e. The first-order chi connectivity index (χ1) is 16.3. The van der Waals surface area contributed by atoms with E-state index in [-0.39, 0.29) is 16.3 Å². The first kappa shape index (κ1) is 26.7. The van der Waals surface area contributed by atoms with Gasteiger partial charge in [0, 0.05) is 5.02 Å². The van der Waals surface area contributed by atoms with E-state index in [1.165, 1.54) is 6.07 Å². The molecule has 0 saturated carbocycles. The number of alkyl halides is 3. The van der Waals surface area contributed by atoms with Crippen LogP contribution in [-0.4, -0.2) is 20.4 Å². The van der Waals surface area contributed by atoms with Gasteiger partial charge < -0.3 is 5.32 Å². The summed E-state index contributed by atoms with van der Waals surface area (Å²) in [5.41, 5.74) is 0.827. The van der Waals surface area contributed by atoms with Crippen molar-refractivity contribution in [2.75, 3.05) is 5.32 Å². The van der Waals surface area contributed by atoms with Gasteiger partial charge in [0.2, 0.25) is 15.9 Å². The normalized spacial score (nSPS) is 12.9. The maximum atomic E-state index is 13.5. The summed E-state index contributed by atoms with van der Waals surface area (Å²) in [5.74, 6) is -0.937. The maximum Gasteiger partial charge on any atom is 0.418 e. The van der Waals surface area contributed by atoms with Gasteiger partial charge in [-0.05, 0) is 62.1 Å². The smallest absolute Gasteiger partial charge is 0.324 e. The fourth-order valence-electron chi connectivity index (χ4n) is 3.95. The van der Waals surface area contributed by atoms with Gasteiger partial charge in [-0.15, -0.1) is 0 Å². The number of sulfonamides is 1. The van der Waals surface area contributed by atoms with E-state index in [0.29, 0.717) is 22.8 Å². The minimum absolute atomic E-state index is 0.0245. The molecule has 1 atom stereocenters. The Labute approximate surface area is 207 Å². The molecule has 0 aromatic heterocycles. The summed E-state index contributed by atoms with van der Waals surface area (Å²) >= 11 is 5.72. The summed E-state index contributed by atoms with van der Waals surface area (Å²) in [7, 11) is -4.19. The van der Waals surface area contributed by atoms with Crippen molar-refractivity contribution in [2.24, 2.45) is 0 Å². The van der Waals surface area contributed by atoms with Crippen LogP contribution in [0.2, 0.25) is 5.02 Å². The van der Waals surface area contributed by atoms with Crippen molar-refractivity contribution in [2.45, 2.75) is 44.3 Å². The SMILES string of the molecule is Cc1cc(C)c(S(=O)(=O)N[C@@H](Cc2ccccc2)C(=O)Nc2ccc(Cl)cc2C(F)(F)F)c(C)c1. The Morgan fingerprint density at radius 3 is 2.14 bits per heavy atom. The molecule has 0 saturated heterocycles. The molecule has 5 nitrogen and oxygen atoms in total. The van der Waals surface area contributed by atoms with E-state index in [2.05, 4.69) is 10.0 Å². The van der Waals surface area contributed by atoms with Crippen molar-refractivity contribution < 1.29 is 26.4 Å². The van der Waals surface area contributed by atoms with Gasteiger partial charge in [-0.3, -0.25) is 4.79 Å². The number of hydrogen-bond donors (Lipinski definition) is 2. The van der Waals surface area contributed by atoms with Crippen molar-refractivity contribution in [1.82, 2.24) is 4.72 Å². The van der Waals surface area contributed by atoms with Crippen LogP contribution in [0, 0.1) is 20.8 Å². The highest BCUT2D eigenvalue weighted by atomic mass is 35.5. The van der Waals surface area contributed by atoms with Crippen LogP contribution in [0.3, 0.4) is 0 Å². The Kier molecular flexibility index (Phi) is 7.93. The van der Waals surface area contributed by atoms with Gasteiger partial charge in [0.1, 0.15) is 6.04 Å². The van der Waals surface area contributed by atoms with E-state index in [4.69, 9.17) is 11.6 Å². The van der Waals surface area contributed by atoms with Gasteiger partial charge in [0.25, 0.3) is 0 Å². The first-order valence-electron chi connectivity index (χ1n) is 10.6. The average Bonchev–Trinajstić information content (AvgIpc) is 2.73. The summed E-state index contributed by atoms with van der Waals surface area (Å²) in [4.78, 5) is 13.2. The molecule has 2 N–H and O–H groups in total. The molecule has 0 spiro atoms. The topological polar surface area (TPSA) is 75.3 Å². The lowest BCUT2D eigenvalue weighted by molar-refractivity contribution is -0.137. The van der Waals surface area contributed by atoms with Gasteiger partial charge in [-0.25, -0.2) is 8.42 Å². The highest BCUT2D eigenvalue weighted by molar-refractivity contribution is 7.89. The van der Waals surface area contributed by atoms with Crippen LogP contribution in [0.15, 0.2) is 65.6 Å². The average molecular weight is 525 g/mol. The predicted molar refractivity (Wildman–Crippen MR) is 130 cm³/mol. The summed E-state index contributed by atoms with van der Waals surface area (Å²) in [6.07, 6.45) is -4.86. The second-order valence-corrected chi connectivity index (χ2v) is 10.4. The zero-order chi connectivity index (χ0) is 26.0. The maximum absolute atomic E-state index is 13.5. The highest BCUT2D eigenvalue weighted by Gasteiger charge is 2.35. The monoisotopic (exact) mass is 524 g/mol. The van der Waals surface area contributed by atoms with Crippen LogP contribution in [0.1, 0.15) is 27.8 Å². The lowest BCUT2D eigenvalue weighted by Gasteiger charge is -2.22. The molecule has 3 aromatic carbocycles. The fraction of sp³-hybridized carbons (Fsp3) is 0.240. The summed E-state index contributed by atoms with van der Waals surface area (Å²) in [5, 5.41) is 2.08. The Hall–Kier alpha value is -2.88. The summed E-state index contributed by atoms with van der Waals surface area (Å²) in [6, 6.07) is 13.5. The van der Waals surface area contributed by atoms with Crippen LogP contribution in [0.5, 0.6) is 0 Å². The quantitative estimate of drug-likeness (QED) is 0.409. The Morgan fingerprint density at radius 2 is 1.57 bits per heavy atom. The standard InChI is InChI=1S/C25H24ClF3N2O3S/c1-15-11-16(2)23(17(3)12-15)35(33,34)31-22(13-18-7-5-4-6-8-18)24(32)30-21-10-9-19(26)14-20(21)25(27,28)29/h4-12,14,22,31H,13H2,1-3H3,(H,30,32)/t22-/m0/s1. The predicted octanol–water partition coefficient (Wildman–Crippen LogP) is 5.81. The molecule has 186 valence electrons. The van der Waals surface area contributed by atoms with Gasteiger partial charge >= 0.3 is 6.18 Å². The Bertz CT molecular complexity index is 1320. The lowest BCUT2D eigenvalue weighted by atomic mass is 10.1.